The Morgan fingerprint density at radius 3 is 2.50 bits per heavy atom. The molecule has 0 saturated heterocycles. The number of anilines is 2. The van der Waals surface area contributed by atoms with Crippen LogP contribution in [0.25, 0.3) is 0 Å². The van der Waals surface area contributed by atoms with E-state index in [9.17, 15) is 0 Å². The van der Waals surface area contributed by atoms with E-state index in [1.54, 1.807) is 11.8 Å². The summed E-state index contributed by atoms with van der Waals surface area (Å²) >= 11 is 1.56. The Morgan fingerprint density at radius 2 is 1.90 bits per heavy atom. The molecule has 6 nitrogen and oxygen atoms in total. The zero-order valence-electron chi connectivity index (χ0n) is 12.6. The van der Waals surface area contributed by atoms with Crippen molar-refractivity contribution in [2.45, 2.75) is 38.8 Å². The summed E-state index contributed by atoms with van der Waals surface area (Å²) in [5, 5.41) is 12.8. The van der Waals surface area contributed by atoms with Crippen molar-refractivity contribution >= 4 is 23.7 Å². The van der Waals surface area contributed by atoms with Crippen LogP contribution in [0.3, 0.4) is 0 Å². The zero-order chi connectivity index (χ0) is 14.8. The van der Waals surface area contributed by atoms with Crippen LogP contribution in [0, 0.1) is 0 Å². The van der Waals surface area contributed by atoms with E-state index in [-0.39, 0.29) is 6.61 Å². The SMILES string of the molecule is CCCNc1nc(SCCCO)nc(N(CC)CC)n1. The molecular weight excluding hydrogens is 274 g/mol. The maximum atomic E-state index is 8.85. The molecule has 0 bridgehead atoms. The van der Waals surface area contributed by atoms with E-state index in [4.69, 9.17) is 5.11 Å². The number of aliphatic hydroxyl groups excluding tert-OH is 1. The molecule has 1 rings (SSSR count). The molecule has 0 aliphatic carbocycles. The third-order valence-corrected chi connectivity index (χ3v) is 3.65. The Bertz CT molecular complexity index is 387. The largest absolute Gasteiger partial charge is 0.396 e. The van der Waals surface area contributed by atoms with Crippen LogP contribution in [0.4, 0.5) is 11.9 Å². The fourth-order valence-electron chi connectivity index (χ4n) is 1.60. The van der Waals surface area contributed by atoms with Gasteiger partial charge in [-0.2, -0.15) is 15.0 Å². The van der Waals surface area contributed by atoms with E-state index in [1.165, 1.54) is 0 Å². The van der Waals surface area contributed by atoms with E-state index < -0.39 is 0 Å². The second kappa shape index (κ2) is 9.77. The van der Waals surface area contributed by atoms with Gasteiger partial charge < -0.3 is 15.3 Å². The molecule has 0 saturated carbocycles. The van der Waals surface area contributed by atoms with Gasteiger partial charge in [0.25, 0.3) is 0 Å². The van der Waals surface area contributed by atoms with Crippen LogP contribution in [0.1, 0.15) is 33.6 Å². The van der Waals surface area contributed by atoms with Gasteiger partial charge in [-0.25, -0.2) is 0 Å². The van der Waals surface area contributed by atoms with Crippen molar-refractivity contribution in [3.05, 3.63) is 0 Å². The quantitative estimate of drug-likeness (QED) is 0.505. The molecule has 0 fully saturated rings. The predicted molar refractivity (Wildman–Crippen MR) is 84.6 cm³/mol. The lowest BCUT2D eigenvalue weighted by molar-refractivity contribution is 0.296. The van der Waals surface area contributed by atoms with Gasteiger partial charge >= 0.3 is 0 Å². The van der Waals surface area contributed by atoms with Crippen LogP contribution < -0.4 is 10.2 Å². The number of aliphatic hydroxyl groups is 1. The third kappa shape index (κ3) is 5.50. The highest BCUT2D eigenvalue weighted by Crippen LogP contribution is 2.19. The Hall–Kier alpha value is -1.08. The average molecular weight is 299 g/mol. The summed E-state index contributed by atoms with van der Waals surface area (Å²) < 4.78 is 0. The zero-order valence-corrected chi connectivity index (χ0v) is 13.4. The van der Waals surface area contributed by atoms with Gasteiger partial charge in [-0.05, 0) is 26.7 Å². The molecule has 0 unspecified atom stereocenters. The summed E-state index contributed by atoms with van der Waals surface area (Å²) in [7, 11) is 0. The summed E-state index contributed by atoms with van der Waals surface area (Å²) in [6.45, 7) is 9.07. The molecule has 0 aliphatic rings. The highest BCUT2D eigenvalue weighted by Gasteiger charge is 2.11. The Balaban J connectivity index is 2.88. The van der Waals surface area contributed by atoms with E-state index in [0.717, 1.165) is 44.2 Å². The molecule has 0 aliphatic heterocycles. The molecular formula is C13H25N5OS. The molecule has 0 radical (unpaired) electrons. The van der Waals surface area contributed by atoms with Crippen molar-refractivity contribution in [2.24, 2.45) is 0 Å². The number of hydrogen-bond acceptors (Lipinski definition) is 7. The van der Waals surface area contributed by atoms with Crippen molar-refractivity contribution < 1.29 is 5.11 Å². The molecule has 1 aromatic rings. The lowest BCUT2D eigenvalue weighted by Crippen LogP contribution is -2.25. The number of rotatable bonds is 10. The molecule has 7 heteroatoms. The highest BCUT2D eigenvalue weighted by molar-refractivity contribution is 7.99. The smallest absolute Gasteiger partial charge is 0.231 e. The van der Waals surface area contributed by atoms with Crippen LogP contribution in [-0.4, -0.2) is 52.1 Å². The van der Waals surface area contributed by atoms with Crippen LogP contribution in [0.5, 0.6) is 0 Å². The minimum Gasteiger partial charge on any atom is -0.396 e. The fraction of sp³-hybridized carbons (Fsp3) is 0.769. The maximum absolute atomic E-state index is 8.85. The van der Waals surface area contributed by atoms with Crippen molar-refractivity contribution in [1.29, 1.82) is 0 Å². The minimum atomic E-state index is 0.196. The first kappa shape index (κ1) is 17.0. The normalized spacial score (nSPS) is 10.6. The van der Waals surface area contributed by atoms with Gasteiger partial charge in [0.1, 0.15) is 0 Å². The Morgan fingerprint density at radius 1 is 1.15 bits per heavy atom. The summed E-state index contributed by atoms with van der Waals surface area (Å²) in [5.74, 6) is 2.16. The highest BCUT2D eigenvalue weighted by atomic mass is 32.2. The topological polar surface area (TPSA) is 74.2 Å². The first-order valence-corrected chi connectivity index (χ1v) is 8.22. The lowest BCUT2D eigenvalue weighted by atomic mass is 10.5. The van der Waals surface area contributed by atoms with Gasteiger partial charge in [-0.1, -0.05) is 18.7 Å². The molecule has 0 aromatic carbocycles. The van der Waals surface area contributed by atoms with Crippen LogP contribution >= 0.6 is 11.8 Å². The number of thioether (sulfide) groups is 1. The maximum Gasteiger partial charge on any atom is 0.231 e. The van der Waals surface area contributed by atoms with Crippen molar-refractivity contribution in [3.8, 4) is 0 Å². The molecule has 0 spiro atoms. The van der Waals surface area contributed by atoms with Crippen LogP contribution in [0.2, 0.25) is 0 Å². The van der Waals surface area contributed by atoms with Crippen LogP contribution in [0.15, 0.2) is 5.16 Å². The summed E-state index contributed by atoms with van der Waals surface area (Å²) in [5.41, 5.74) is 0. The molecule has 20 heavy (non-hydrogen) atoms. The first-order chi connectivity index (χ1) is 9.74. The minimum absolute atomic E-state index is 0.196. The van der Waals surface area contributed by atoms with E-state index in [1.807, 2.05) is 0 Å². The van der Waals surface area contributed by atoms with Crippen molar-refractivity contribution in [1.82, 2.24) is 15.0 Å². The summed E-state index contributed by atoms with van der Waals surface area (Å²) in [6.07, 6.45) is 1.77. The number of nitrogens with one attached hydrogen (secondary N) is 1. The third-order valence-electron chi connectivity index (χ3n) is 2.72. The number of nitrogens with zero attached hydrogens (tertiary/aromatic N) is 4. The van der Waals surface area contributed by atoms with Gasteiger partial charge in [0.2, 0.25) is 11.9 Å². The standard InChI is InChI=1S/C13H25N5OS/c1-4-8-14-11-15-12(18(5-2)6-3)17-13(16-11)20-10-7-9-19/h19H,4-10H2,1-3H3,(H,14,15,16,17). The number of hydrogen-bond donors (Lipinski definition) is 2. The molecule has 2 N–H and O–H groups in total. The second-order valence-corrected chi connectivity index (χ2v) is 5.33. The van der Waals surface area contributed by atoms with Gasteiger partial charge in [-0.15, -0.1) is 0 Å². The van der Waals surface area contributed by atoms with Crippen LogP contribution in [-0.2, 0) is 0 Å². The van der Waals surface area contributed by atoms with Gasteiger partial charge in [0.15, 0.2) is 5.16 Å². The molecule has 1 aromatic heterocycles. The molecule has 0 amide bonds. The number of aromatic nitrogens is 3. The lowest BCUT2D eigenvalue weighted by Gasteiger charge is -2.19. The average Bonchev–Trinajstić information content (AvgIpc) is 2.47. The van der Waals surface area contributed by atoms with Crippen molar-refractivity contribution in [3.63, 3.8) is 0 Å². The molecule has 0 atom stereocenters. The molecule has 114 valence electrons. The molecule has 1 heterocycles. The van der Waals surface area contributed by atoms with Gasteiger partial charge in [-0.3, -0.25) is 0 Å². The Kier molecular flexibility index (Phi) is 8.29. The second-order valence-electron chi connectivity index (χ2n) is 4.27. The summed E-state index contributed by atoms with van der Waals surface area (Å²) in [6, 6.07) is 0. The predicted octanol–water partition coefficient (Wildman–Crippen LogP) is 2.01. The van der Waals surface area contributed by atoms with Crippen molar-refractivity contribution in [2.75, 3.05) is 42.2 Å². The monoisotopic (exact) mass is 299 g/mol. The van der Waals surface area contributed by atoms with Gasteiger partial charge in [0, 0.05) is 32.0 Å². The van der Waals surface area contributed by atoms with E-state index in [0.29, 0.717) is 11.1 Å². The van der Waals surface area contributed by atoms with E-state index in [2.05, 4.69) is 45.9 Å². The first-order valence-electron chi connectivity index (χ1n) is 7.23. The van der Waals surface area contributed by atoms with Gasteiger partial charge in [0.05, 0.1) is 0 Å². The van der Waals surface area contributed by atoms with E-state index >= 15 is 0 Å². The fourth-order valence-corrected chi connectivity index (χ4v) is 2.36. The summed E-state index contributed by atoms with van der Waals surface area (Å²) in [4.78, 5) is 15.5. The Labute approximate surface area is 125 Å².